The number of hydrogen-bond acceptors (Lipinski definition) is 1. The molecule has 3 aromatic rings. The van der Waals surface area contributed by atoms with E-state index in [1.165, 1.54) is 27.8 Å². The van der Waals surface area contributed by atoms with Crippen LogP contribution >= 0.6 is 0 Å². The molecule has 1 aliphatic rings. The first-order valence-electron chi connectivity index (χ1n) is 6.81. The standard InChI is InChI=1S/C19H14O/c1-13-7-5-6-10-15(13)18-16(11-12-17-19(18)20-17)14-8-3-2-4-9-14/h2-12H,1H3. The Kier molecular flexibility index (Phi) is 2.40. The van der Waals surface area contributed by atoms with Crippen molar-refractivity contribution in [2.75, 3.05) is 0 Å². The van der Waals surface area contributed by atoms with Crippen molar-refractivity contribution >= 4 is 0 Å². The molecule has 0 aliphatic carbocycles. The summed E-state index contributed by atoms with van der Waals surface area (Å²) in [5.74, 6) is 2.03. The highest BCUT2D eigenvalue weighted by Crippen LogP contribution is 2.56. The van der Waals surface area contributed by atoms with Crippen molar-refractivity contribution in [3.05, 3.63) is 72.3 Å². The van der Waals surface area contributed by atoms with Gasteiger partial charge in [0.1, 0.15) is 0 Å². The second kappa shape index (κ2) is 4.24. The molecular weight excluding hydrogens is 244 g/mol. The molecule has 0 atom stereocenters. The summed E-state index contributed by atoms with van der Waals surface area (Å²) in [5.41, 5.74) is 6.20. The van der Waals surface area contributed by atoms with Gasteiger partial charge in [0.15, 0.2) is 11.5 Å². The SMILES string of the molecule is Cc1ccccc1-c1c(-c2ccccc2)ccc2c1O2. The summed E-state index contributed by atoms with van der Waals surface area (Å²) in [5, 5.41) is 0. The first-order valence-corrected chi connectivity index (χ1v) is 6.81. The quantitative estimate of drug-likeness (QED) is 0.436. The van der Waals surface area contributed by atoms with E-state index in [0.717, 1.165) is 11.5 Å². The highest BCUT2D eigenvalue weighted by atomic mass is 16.6. The van der Waals surface area contributed by atoms with E-state index < -0.39 is 0 Å². The van der Waals surface area contributed by atoms with Crippen molar-refractivity contribution in [1.29, 1.82) is 0 Å². The average molecular weight is 258 g/mol. The molecule has 0 saturated carbocycles. The van der Waals surface area contributed by atoms with Gasteiger partial charge in [-0.15, -0.1) is 0 Å². The van der Waals surface area contributed by atoms with Crippen molar-refractivity contribution in [2.45, 2.75) is 6.92 Å². The molecule has 1 aliphatic heterocycles. The molecule has 1 heterocycles. The summed E-state index contributed by atoms with van der Waals surface area (Å²) in [6.07, 6.45) is 0. The molecule has 20 heavy (non-hydrogen) atoms. The Balaban J connectivity index is 2.00. The molecule has 0 spiro atoms. The molecule has 0 bridgehead atoms. The summed E-state index contributed by atoms with van der Waals surface area (Å²) in [6, 6.07) is 23.2. The highest BCUT2D eigenvalue weighted by molar-refractivity contribution is 5.93. The molecule has 0 N–H and O–H groups in total. The molecule has 96 valence electrons. The van der Waals surface area contributed by atoms with E-state index in [4.69, 9.17) is 4.74 Å². The normalized spacial score (nSPS) is 11.7. The van der Waals surface area contributed by atoms with Crippen molar-refractivity contribution in [2.24, 2.45) is 0 Å². The Morgan fingerprint density at radius 2 is 1.45 bits per heavy atom. The van der Waals surface area contributed by atoms with Crippen molar-refractivity contribution in [3.8, 4) is 33.8 Å². The molecule has 3 aromatic carbocycles. The fourth-order valence-corrected chi connectivity index (χ4v) is 2.71. The van der Waals surface area contributed by atoms with Gasteiger partial charge in [-0.3, -0.25) is 0 Å². The van der Waals surface area contributed by atoms with Crippen LogP contribution in [0.2, 0.25) is 0 Å². The lowest BCUT2D eigenvalue weighted by molar-refractivity contribution is 0.651. The van der Waals surface area contributed by atoms with E-state index >= 15 is 0 Å². The summed E-state index contributed by atoms with van der Waals surface area (Å²) >= 11 is 0. The third-order valence-corrected chi connectivity index (χ3v) is 3.79. The Morgan fingerprint density at radius 1 is 0.700 bits per heavy atom. The molecule has 1 heteroatoms. The van der Waals surface area contributed by atoms with Crippen molar-refractivity contribution in [3.63, 3.8) is 0 Å². The molecular formula is C19H14O. The van der Waals surface area contributed by atoms with Gasteiger partial charge in [0.2, 0.25) is 0 Å². The molecule has 0 aromatic heterocycles. The zero-order valence-electron chi connectivity index (χ0n) is 11.3. The second-order valence-electron chi connectivity index (χ2n) is 5.10. The Labute approximate surface area is 118 Å². The number of rotatable bonds is 2. The van der Waals surface area contributed by atoms with E-state index in [1.54, 1.807) is 0 Å². The van der Waals surface area contributed by atoms with Gasteiger partial charge in [0.05, 0.1) is 0 Å². The molecule has 0 saturated heterocycles. The predicted molar refractivity (Wildman–Crippen MR) is 82.1 cm³/mol. The number of benzene rings is 3. The van der Waals surface area contributed by atoms with Crippen LogP contribution < -0.4 is 4.74 Å². The topological polar surface area (TPSA) is 12.5 Å². The number of aryl methyl sites for hydroxylation is 1. The lowest BCUT2D eigenvalue weighted by Crippen LogP contribution is -1.85. The zero-order valence-corrected chi connectivity index (χ0v) is 11.3. The lowest BCUT2D eigenvalue weighted by atomic mass is 9.92. The van der Waals surface area contributed by atoms with Gasteiger partial charge in [0.25, 0.3) is 0 Å². The molecule has 0 radical (unpaired) electrons. The monoisotopic (exact) mass is 258 g/mol. The fourth-order valence-electron chi connectivity index (χ4n) is 2.71. The smallest absolute Gasteiger partial charge is 0.178 e. The van der Waals surface area contributed by atoms with Crippen LogP contribution in [0.5, 0.6) is 11.5 Å². The third kappa shape index (κ3) is 1.71. The highest BCUT2D eigenvalue weighted by Gasteiger charge is 2.28. The van der Waals surface area contributed by atoms with Crippen LogP contribution in [0.1, 0.15) is 5.56 Å². The minimum absolute atomic E-state index is 1.00. The Morgan fingerprint density at radius 3 is 2.25 bits per heavy atom. The molecule has 0 amide bonds. The van der Waals surface area contributed by atoms with Gasteiger partial charge < -0.3 is 4.74 Å². The van der Waals surface area contributed by atoms with Gasteiger partial charge in [-0.1, -0.05) is 54.6 Å². The average Bonchev–Trinajstić information content (AvgIpc) is 3.27. The van der Waals surface area contributed by atoms with Crippen LogP contribution in [0.3, 0.4) is 0 Å². The fraction of sp³-hybridized carbons (Fsp3) is 0.0526. The van der Waals surface area contributed by atoms with Gasteiger partial charge >= 0.3 is 0 Å². The van der Waals surface area contributed by atoms with E-state index in [2.05, 4.69) is 67.6 Å². The van der Waals surface area contributed by atoms with Gasteiger partial charge in [-0.05, 0) is 41.3 Å². The largest absolute Gasteiger partial charge is 0.449 e. The van der Waals surface area contributed by atoms with Crippen LogP contribution in [0.25, 0.3) is 22.3 Å². The van der Waals surface area contributed by atoms with Crippen molar-refractivity contribution in [1.82, 2.24) is 0 Å². The Hall–Kier alpha value is -2.54. The minimum atomic E-state index is 1.00. The summed E-state index contributed by atoms with van der Waals surface area (Å²) in [6.45, 7) is 2.14. The van der Waals surface area contributed by atoms with Crippen LogP contribution in [0, 0.1) is 6.92 Å². The van der Waals surface area contributed by atoms with Crippen LogP contribution in [-0.4, -0.2) is 0 Å². The first-order chi connectivity index (χ1) is 9.84. The van der Waals surface area contributed by atoms with Crippen LogP contribution in [0.15, 0.2) is 66.7 Å². The zero-order chi connectivity index (χ0) is 13.5. The van der Waals surface area contributed by atoms with E-state index in [-0.39, 0.29) is 0 Å². The second-order valence-corrected chi connectivity index (χ2v) is 5.10. The van der Waals surface area contributed by atoms with E-state index in [9.17, 15) is 0 Å². The maximum absolute atomic E-state index is 5.64. The van der Waals surface area contributed by atoms with Gasteiger partial charge in [0, 0.05) is 5.56 Å². The molecule has 0 fully saturated rings. The Bertz CT molecular complexity index is 788. The molecule has 1 nitrogen and oxygen atoms in total. The number of hydrogen-bond donors (Lipinski definition) is 0. The van der Waals surface area contributed by atoms with Crippen LogP contribution in [-0.2, 0) is 0 Å². The third-order valence-electron chi connectivity index (χ3n) is 3.79. The summed E-state index contributed by atoms with van der Waals surface area (Å²) in [4.78, 5) is 0. The number of ether oxygens (including phenoxy) is 1. The van der Waals surface area contributed by atoms with Gasteiger partial charge in [-0.25, -0.2) is 0 Å². The lowest BCUT2D eigenvalue weighted by Gasteiger charge is -2.10. The van der Waals surface area contributed by atoms with Gasteiger partial charge in [-0.2, -0.15) is 0 Å². The van der Waals surface area contributed by atoms with E-state index in [1.807, 2.05) is 6.07 Å². The molecule has 4 rings (SSSR count). The number of fused-ring (bicyclic) bond motifs is 1. The molecule has 0 unspecified atom stereocenters. The summed E-state index contributed by atoms with van der Waals surface area (Å²) < 4.78 is 5.64. The minimum Gasteiger partial charge on any atom is -0.449 e. The maximum atomic E-state index is 5.64. The van der Waals surface area contributed by atoms with E-state index in [0.29, 0.717) is 0 Å². The first kappa shape index (κ1) is 11.3. The van der Waals surface area contributed by atoms with Crippen molar-refractivity contribution < 1.29 is 4.74 Å². The summed E-state index contributed by atoms with van der Waals surface area (Å²) in [7, 11) is 0. The maximum Gasteiger partial charge on any atom is 0.178 e. The van der Waals surface area contributed by atoms with Crippen LogP contribution in [0.4, 0.5) is 0 Å². The predicted octanol–water partition coefficient (Wildman–Crippen LogP) is 5.43.